The molecule has 0 aromatic heterocycles. The summed E-state index contributed by atoms with van der Waals surface area (Å²) >= 11 is 0. The minimum Gasteiger partial charge on any atom is -0.0845 e. The van der Waals surface area contributed by atoms with E-state index in [0.717, 1.165) is 0 Å². The molecule has 0 saturated carbocycles. The highest BCUT2D eigenvalue weighted by atomic mass is 13.9. The molecule has 0 heteroatoms. The van der Waals surface area contributed by atoms with Crippen LogP contribution in [0.2, 0.25) is 0 Å². The van der Waals surface area contributed by atoms with Gasteiger partial charge in [0.25, 0.3) is 0 Å². The fourth-order valence-corrected chi connectivity index (χ4v) is 1.04. The fourth-order valence-electron chi connectivity index (χ4n) is 1.04. The molecule has 0 aliphatic rings. The highest BCUT2D eigenvalue weighted by Crippen LogP contribution is 2.04. The van der Waals surface area contributed by atoms with Crippen molar-refractivity contribution in [3.05, 3.63) is 24.8 Å². The zero-order chi connectivity index (χ0) is 8.36. The number of unbranched alkanes of at least 4 members (excludes halogenated alkanes) is 5. The quantitative estimate of drug-likeness (QED) is 0.382. The van der Waals surface area contributed by atoms with Crippen LogP contribution in [0, 0.1) is 6.58 Å². The van der Waals surface area contributed by atoms with Crippen molar-refractivity contribution in [1.82, 2.24) is 0 Å². The van der Waals surface area contributed by atoms with Gasteiger partial charge in [-0.2, -0.15) is 0 Å². The summed E-state index contributed by atoms with van der Waals surface area (Å²) in [4.78, 5) is 0. The molecule has 0 aromatic rings. The summed E-state index contributed by atoms with van der Waals surface area (Å²) in [7, 11) is 0. The third-order valence-electron chi connectivity index (χ3n) is 1.72. The van der Waals surface area contributed by atoms with Gasteiger partial charge in [-0.15, -0.1) is 0 Å². The third-order valence-corrected chi connectivity index (χ3v) is 1.72. The summed E-state index contributed by atoms with van der Waals surface area (Å²) in [6.45, 7) is 7.42. The molecule has 0 spiro atoms. The molecule has 0 atom stereocenters. The van der Waals surface area contributed by atoms with E-state index in [-0.39, 0.29) is 0 Å². The smallest absolute Gasteiger partial charge is 0.0348 e. The highest BCUT2D eigenvalue weighted by molar-refractivity contribution is 4.95. The van der Waals surface area contributed by atoms with E-state index >= 15 is 0 Å². The first-order valence-corrected chi connectivity index (χ1v) is 4.62. The van der Waals surface area contributed by atoms with Crippen LogP contribution in [-0.4, -0.2) is 0 Å². The molecule has 0 aliphatic heterocycles. The van der Waals surface area contributed by atoms with Gasteiger partial charge in [-0.25, -0.2) is 0 Å². The Hall–Kier alpha value is -0.520. The minimum absolute atomic E-state index is 1.18. The molecule has 63 valence electrons. The Bertz CT molecular complexity index is 101. The van der Waals surface area contributed by atoms with Crippen molar-refractivity contribution in [2.45, 2.75) is 45.4 Å². The molecule has 0 rings (SSSR count). The van der Waals surface area contributed by atoms with Crippen LogP contribution in [0.4, 0.5) is 0 Å². The normalized spacial score (nSPS) is 10.6. The standard InChI is InChI=1S/C11H19/c1-3-5-7-9-11-10-8-6-4-2/h1,3,5,7H,4,6,8-11H2,2H3/b3-1?,7-5+. The third kappa shape index (κ3) is 9.48. The summed E-state index contributed by atoms with van der Waals surface area (Å²) in [5.41, 5.74) is 0. The Labute approximate surface area is 71.0 Å². The molecule has 0 fully saturated rings. The molecule has 0 unspecified atom stereocenters. The molecule has 0 amide bonds. The van der Waals surface area contributed by atoms with Gasteiger partial charge < -0.3 is 0 Å². The van der Waals surface area contributed by atoms with Gasteiger partial charge in [0.15, 0.2) is 0 Å². The van der Waals surface area contributed by atoms with Crippen molar-refractivity contribution in [2.75, 3.05) is 0 Å². The van der Waals surface area contributed by atoms with Crippen molar-refractivity contribution in [2.24, 2.45) is 0 Å². The van der Waals surface area contributed by atoms with Gasteiger partial charge in [0.1, 0.15) is 0 Å². The molecule has 1 radical (unpaired) electrons. The van der Waals surface area contributed by atoms with E-state index in [9.17, 15) is 0 Å². The molecule has 11 heavy (non-hydrogen) atoms. The van der Waals surface area contributed by atoms with Crippen molar-refractivity contribution < 1.29 is 0 Å². The summed E-state index contributed by atoms with van der Waals surface area (Å²) in [6.07, 6.45) is 13.6. The van der Waals surface area contributed by atoms with Gasteiger partial charge in [-0.1, -0.05) is 57.4 Å². The zero-order valence-electron chi connectivity index (χ0n) is 7.55. The summed E-state index contributed by atoms with van der Waals surface area (Å²) in [6, 6.07) is 0. The van der Waals surface area contributed by atoms with E-state index in [0.29, 0.717) is 0 Å². The topological polar surface area (TPSA) is 0 Å². The first kappa shape index (κ1) is 10.5. The van der Waals surface area contributed by atoms with Crippen LogP contribution < -0.4 is 0 Å². The Balaban J connectivity index is 2.90. The lowest BCUT2D eigenvalue weighted by atomic mass is 10.1. The first-order valence-electron chi connectivity index (χ1n) is 4.62. The van der Waals surface area contributed by atoms with Crippen molar-refractivity contribution in [3.8, 4) is 0 Å². The van der Waals surface area contributed by atoms with Crippen molar-refractivity contribution in [3.63, 3.8) is 0 Å². The molecule has 0 bridgehead atoms. The molecular formula is C11H19. The molecule has 0 N–H and O–H groups in total. The number of allylic oxidation sites excluding steroid dienone is 3. The van der Waals surface area contributed by atoms with Gasteiger partial charge >= 0.3 is 0 Å². The second kappa shape index (κ2) is 9.48. The SMILES string of the molecule is [CH]=C/C=C/CCCCCCC. The maximum Gasteiger partial charge on any atom is -0.0348 e. The van der Waals surface area contributed by atoms with Gasteiger partial charge in [-0.3, -0.25) is 0 Å². The van der Waals surface area contributed by atoms with Crippen molar-refractivity contribution in [1.29, 1.82) is 0 Å². The van der Waals surface area contributed by atoms with Crippen LogP contribution in [0.3, 0.4) is 0 Å². The van der Waals surface area contributed by atoms with E-state index in [1.165, 1.54) is 38.5 Å². The van der Waals surface area contributed by atoms with E-state index in [4.69, 9.17) is 6.58 Å². The van der Waals surface area contributed by atoms with Gasteiger partial charge in [0.05, 0.1) is 0 Å². The molecule has 0 aromatic carbocycles. The Morgan fingerprint density at radius 3 is 2.45 bits per heavy atom. The predicted octanol–water partition coefficient (Wildman–Crippen LogP) is 3.89. The maximum absolute atomic E-state index is 5.18. The van der Waals surface area contributed by atoms with Gasteiger partial charge in [-0.05, 0) is 12.8 Å². The molecule has 0 saturated heterocycles. The summed E-state index contributed by atoms with van der Waals surface area (Å²) < 4.78 is 0. The number of hydrogen-bond acceptors (Lipinski definition) is 0. The average molecular weight is 151 g/mol. The van der Waals surface area contributed by atoms with E-state index in [2.05, 4.69) is 13.0 Å². The monoisotopic (exact) mass is 151 g/mol. The summed E-state index contributed by atoms with van der Waals surface area (Å²) in [5.74, 6) is 0. The second-order valence-corrected chi connectivity index (χ2v) is 2.82. The van der Waals surface area contributed by atoms with Gasteiger partial charge in [0.2, 0.25) is 0 Å². The molecular weight excluding hydrogens is 132 g/mol. The maximum atomic E-state index is 5.18. The molecule has 0 nitrogen and oxygen atoms in total. The van der Waals surface area contributed by atoms with E-state index < -0.39 is 0 Å². The largest absolute Gasteiger partial charge is 0.0845 e. The molecule has 0 heterocycles. The number of rotatable bonds is 7. The van der Waals surface area contributed by atoms with Gasteiger partial charge in [0, 0.05) is 0 Å². The van der Waals surface area contributed by atoms with Crippen LogP contribution in [0.1, 0.15) is 45.4 Å². The Morgan fingerprint density at radius 2 is 1.82 bits per heavy atom. The van der Waals surface area contributed by atoms with Crippen LogP contribution in [0.5, 0.6) is 0 Å². The van der Waals surface area contributed by atoms with Crippen LogP contribution >= 0.6 is 0 Å². The Morgan fingerprint density at radius 1 is 1.09 bits per heavy atom. The second-order valence-electron chi connectivity index (χ2n) is 2.82. The molecule has 0 aliphatic carbocycles. The van der Waals surface area contributed by atoms with Crippen LogP contribution in [0.25, 0.3) is 0 Å². The van der Waals surface area contributed by atoms with E-state index in [1.807, 2.05) is 6.08 Å². The predicted molar refractivity (Wildman–Crippen MR) is 51.4 cm³/mol. The minimum atomic E-state index is 1.18. The van der Waals surface area contributed by atoms with Crippen LogP contribution in [-0.2, 0) is 0 Å². The Kier molecular flexibility index (Phi) is 9.03. The van der Waals surface area contributed by atoms with Crippen molar-refractivity contribution >= 4 is 0 Å². The fraction of sp³-hybridized carbons (Fsp3) is 0.636. The zero-order valence-corrected chi connectivity index (χ0v) is 7.55. The number of hydrogen-bond donors (Lipinski definition) is 0. The van der Waals surface area contributed by atoms with Crippen LogP contribution in [0.15, 0.2) is 18.2 Å². The highest BCUT2D eigenvalue weighted by Gasteiger charge is 1.85. The lowest BCUT2D eigenvalue weighted by molar-refractivity contribution is 0.637. The first-order chi connectivity index (χ1) is 5.41. The lowest BCUT2D eigenvalue weighted by Gasteiger charge is -1.95. The van der Waals surface area contributed by atoms with E-state index in [1.54, 1.807) is 6.08 Å². The summed E-state index contributed by atoms with van der Waals surface area (Å²) in [5, 5.41) is 0. The lowest BCUT2D eigenvalue weighted by Crippen LogP contribution is -1.75. The average Bonchev–Trinajstić information content (AvgIpc) is 2.03.